The highest BCUT2D eigenvalue weighted by molar-refractivity contribution is 5.91. The lowest BCUT2D eigenvalue weighted by Gasteiger charge is -2.16. The summed E-state index contributed by atoms with van der Waals surface area (Å²) in [5.41, 5.74) is 1.04. The van der Waals surface area contributed by atoms with Crippen molar-refractivity contribution < 1.29 is 19.1 Å². The van der Waals surface area contributed by atoms with Crippen molar-refractivity contribution in [1.82, 2.24) is 4.98 Å². The number of hydrogen-bond acceptors (Lipinski definition) is 5. The van der Waals surface area contributed by atoms with Crippen LogP contribution >= 0.6 is 0 Å². The number of ether oxygens (including phenoxy) is 2. The van der Waals surface area contributed by atoms with E-state index >= 15 is 0 Å². The summed E-state index contributed by atoms with van der Waals surface area (Å²) in [6.07, 6.45) is 0.789. The Morgan fingerprint density at radius 3 is 2.45 bits per heavy atom. The lowest BCUT2D eigenvalue weighted by atomic mass is 10.1. The molecule has 0 bridgehead atoms. The van der Waals surface area contributed by atoms with E-state index in [4.69, 9.17) is 9.47 Å². The van der Waals surface area contributed by atoms with Crippen molar-refractivity contribution in [3.05, 3.63) is 66.0 Å². The molecule has 0 aliphatic carbocycles. The number of carbonyl (C=O) groups excluding carboxylic acids is 2. The van der Waals surface area contributed by atoms with E-state index < -0.39 is 18.0 Å². The van der Waals surface area contributed by atoms with Gasteiger partial charge in [0.25, 0.3) is 0 Å². The maximum Gasteiger partial charge on any atom is 0.347 e. The molecule has 0 N–H and O–H groups in total. The van der Waals surface area contributed by atoms with E-state index in [0.717, 1.165) is 0 Å². The van der Waals surface area contributed by atoms with Crippen LogP contribution in [0.15, 0.2) is 54.7 Å². The zero-order chi connectivity index (χ0) is 15.8. The van der Waals surface area contributed by atoms with Crippen molar-refractivity contribution >= 4 is 11.9 Å². The summed E-state index contributed by atoms with van der Waals surface area (Å²) in [4.78, 5) is 28.2. The van der Waals surface area contributed by atoms with Gasteiger partial charge in [0, 0.05) is 18.3 Å². The van der Waals surface area contributed by atoms with Crippen molar-refractivity contribution in [1.29, 1.82) is 0 Å². The molecule has 1 aromatic carbocycles. The Bertz CT molecular complexity index is 613. The molecule has 5 nitrogen and oxygen atoms in total. The number of nitrogens with zero attached hydrogens (tertiary/aromatic N) is 1. The van der Waals surface area contributed by atoms with Crippen molar-refractivity contribution in [2.75, 3.05) is 6.61 Å². The quantitative estimate of drug-likeness (QED) is 0.766. The molecular weight excluding hydrogens is 282 g/mol. The van der Waals surface area contributed by atoms with E-state index in [1.54, 1.807) is 55.6 Å². The summed E-state index contributed by atoms with van der Waals surface area (Å²) < 4.78 is 10.3. The number of aromatic nitrogens is 1. The van der Waals surface area contributed by atoms with Crippen LogP contribution < -0.4 is 0 Å². The van der Waals surface area contributed by atoms with Gasteiger partial charge in [-0.15, -0.1) is 0 Å². The summed E-state index contributed by atoms with van der Waals surface area (Å²) >= 11 is 0. The highest BCUT2D eigenvalue weighted by Gasteiger charge is 2.25. The topological polar surface area (TPSA) is 65.5 Å². The second-order valence-electron chi connectivity index (χ2n) is 4.54. The Kier molecular flexibility index (Phi) is 5.65. The molecule has 1 heterocycles. The smallest absolute Gasteiger partial charge is 0.347 e. The molecule has 2 rings (SSSR count). The zero-order valence-electron chi connectivity index (χ0n) is 12.3. The van der Waals surface area contributed by atoms with Gasteiger partial charge in [-0.2, -0.15) is 0 Å². The predicted octanol–water partition coefficient (Wildman–Crippen LogP) is 2.41. The van der Waals surface area contributed by atoms with E-state index in [0.29, 0.717) is 11.3 Å². The largest absolute Gasteiger partial charge is 0.463 e. The predicted molar refractivity (Wildman–Crippen MR) is 80.2 cm³/mol. The fourth-order valence-electron chi connectivity index (χ4n) is 1.89. The van der Waals surface area contributed by atoms with Gasteiger partial charge in [-0.25, -0.2) is 9.59 Å². The molecule has 0 unspecified atom stereocenters. The van der Waals surface area contributed by atoms with Gasteiger partial charge in [0.15, 0.2) is 0 Å². The Morgan fingerprint density at radius 1 is 1.09 bits per heavy atom. The first-order valence-corrected chi connectivity index (χ1v) is 7.03. The summed E-state index contributed by atoms with van der Waals surface area (Å²) in [6.45, 7) is 1.93. The number of benzene rings is 1. The third-order valence-corrected chi connectivity index (χ3v) is 2.93. The minimum atomic E-state index is -1.01. The van der Waals surface area contributed by atoms with Crippen LogP contribution in [0.3, 0.4) is 0 Å². The number of carbonyl (C=O) groups is 2. The van der Waals surface area contributed by atoms with Gasteiger partial charge in [-0.3, -0.25) is 4.98 Å². The maximum absolute atomic E-state index is 12.1. The van der Waals surface area contributed by atoms with Crippen LogP contribution in [0.4, 0.5) is 0 Å². The first-order chi connectivity index (χ1) is 10.7. The molecule has 5 heteroatoms. The van der Waals surface area contributed by atoms with Gasteiger partial charge >= 0.3 is 11.9 Å². The Labute approximate surface area is 128 Å². The molecule has 114 valence electrons. The van der Waals surface area contributed by atoms with Crippen molar-refractivity contribution in [3.8, 4) is 0 Å². The standard InChI is InChI=1S/C17H17NO4/c1-2-21-17(20)15(12-14-10-6-7-11-18-14)22-16(19)13-8-4-3-5-9-13/h3-11,15H,2,12H2,1H3/t15-/m1/s1. The Hall–Kier alpha value is -2.69. The van der Waals surface area contributed by atoms with Crippen LogP contribution in [0.1, 0.15) is 23.0 Å². The molecule has 22 heavy (non-hydrogen) atoms. The fourth-order valence-corrected chi connectivity index (χ4v) is 1.89. The first kappa shape index (κ1) is 15.7. The lowest BCUT2D eigenvalue weighted by molar-refractivity contribution is -0.153. The van der Waals surface area contributed by atoms with Gasteiger partial charge in [0.05, 0.1) is 12.2 Å². The average molecular weight is 299 g/mol. The molecule has 0 amide bonds. The maximum atomic E-state index is 12.1. The second-order valence-corrected chi connectivity index (χ2v) is 4.54. The summed E-state index contributed by atoms with van der Waals surface area (Å²) in [5, 5.41) is 0. The van der Waals surface area contributed by atoms with E-state index in [2.05, 4.69) is 4.98 Å². The van der Waals surface area contributed by atoms with Crippen LogP contribution in [0.5, 0.6) is 0 Å². The van der Waals surface area contributed by atoms with Crippen molar-refractivity contribution in [2.45, 2.75) is 19.4 Å². The van der Waals surface area contributed by atoms with Gasteiger partial charge in [0.1, 0.15) is 0 Å². The van der Waals surface area contributed by atoms with Gasteiger partial charge in [0.2, 0.25) is 6.10 Å². The number of rotatable bonds is 6. The second kappa shape index (κ2) is 7.93. The van der Waals surface area contributed by atoms with Crippen molar-refractivity contribution in [2.24, 2.45) is 0 Å². The number of hydrogen-bond donors (Lipinski definition) is 0. The zero-order valence-corrected chi connectivity index (χ0v) is 12.3. The SMILES string of the molecule is CCOC(=O)[C@@H](Cc1ccccn1)OC(=O)c1ccccc1. The third-order valence-electron chi connectivity index (χ3n) is 2.93. The molecular formula is C17H17NO4. The first-order valence-electron chi connectivity index (χ1n) is 7.03. The monoisotopic (exact) mass is 299 g/mol. The average Bonchev–Trinajstić information content (AvgIpc) is 2.56. The van der Waals surface area contributed by atoms with Crippen molar-refractivity contribution in [3.63, 3.8) is 0 Å². The fraction of sp³-hybridized carbons (Fsp3) is 0.235. The third kappa shape index (κ3) is 4.41. The molecule has 2 aromatic rings. The molecule has 0 aliphatic heterocycles. The minimum Gasteiger partial charge on any atom is -0.463 e. The molecule has 0 radical (unpaired) electrons. The van der Waals surface area contributed by atoms with Gasteiger partial charge in [-0.1, -0.05) is 24.3 Å². The number of esters is 2. The van der Waals surface area contributed by atoms with E-state index in [-0.39, 0.29) is 13.0 Å². The Morgan fingerprint density at radius 2 is 1.82 bits per heavy atom. The van der Waals surface area contributed by atoms with E-state index in [9.17, 15) is 9.59 Å². The lowest BCUT2D eigenvalue weighted by Crippen LogP contribution is -2.31. The van der Waals surface area contributed by atoms with Gasteiger partial charge < -0.3 is 9.47 Å². The normalized spacial score (nSPS) is 11.5. The van der Waals surface area contributed by atoms with Gasteiger partial charge in [-0.05, 0) is 31.2 Å². The van der Waals surface area contributed by atoms with Crippen LogP contribution in [0.25, 0.3) is 0 Å². The molecule has 1 atom stereocenters. The summed E-state index contributed by atoms with van der Waals surface area (Å²) in [6, 6.07) is 13.9. The molecule has 0 aliphatic rings. The minimum absolute atomic E-state index is 0.179. The highest BCUT2D eigenvalue weighted by atomic mass is 16.6. The summed E-state index contributed by atoms with van der Waals surface area (Å²) in [7, 11) is 0. The molecule has 0 saturated heterocycles. The van der Waals surface area contributed by atoms with E-state index in [1.807, 2.05) is 6.07 Å². The van der Waals surface area contributed by atoms with Crippen LogP contribution in [-0.2, 0) is 20.7 Å². The molecule has 0 fully saturated rings. The van der Waals surface area contributed by atoms with Crippen LogP contribution in [0.2, 0.25) is 0 Å². The van der Waals surface area contributed by atoms with Crippen LogP contribution in [-0.4, -0.2) is 29.6 Å². The summed E-state index contributed by atoms with van der Waals surface area (Å²) in [5.74, 6) is -1.13. The molecule has 1 aromatic heterocycles. The van der Waals surface area contributed by atoms with E-state index in [1.165, 1.54) is 0 Å². The van der Waals surface area contributed by atoms with Crippen LogP contribution in [0, 0.1) is 0 Å². The highest BCUT2D eigenvalue weighted by Crippen LogP contribution is 2.10. The molecule has 0 spiro atoms. The molecule has 0 saturated carbocycles. The number of pyridine rings is 1. The Balaban J connectivity index is 2.11.